The van der Waals surface area contributed by atoms with Crippen molar-refractivity contribution in [1.82, 2.24) is 15.4 Å². The molecule has 1 amide bonds. The molecule has 0 aliphatic rings. The van der Waals surface area contributed by atoms with E-state index in [-0.39, 0.29) is 23.6 Å². The van der Waals surface area contributed by atoms with Crippen LogP contribution >= 0.6 is 11.3 Å². The Hall–Kier alpha value is -3.20. The van der Waals surface area contributed by atoms with Gasteiger partial charge >= 0.3 is 0 Å². The van der Waals surface area contributed by atoms with Crippen molar-refractivity contribution in [3.8, 4) is 11.5 Å². The van der Waals surface area contributed by atoms with E-state index < -0.39 is 5.91 Å². The number of hydrazone groups is 1. The molecule has 27 heavy (non-hydrogen) atoms. The minimum atomic E-state index is -0.420. The number of aryl methyl sites for hydroxylation is 2. The molecule has 0 atom stereocenters. The van der Waals surface area contributed by atoms with Crippen LogP contribution in [0.15, 0.2) is 28.1 Å². The molecule has 0 spiro atoms. The van der Waals surface area contributed by atoms with E-state index in [4.69, 9.17) is 4.74 Å². The minimum Gasteiger partial charge on any atom is -0.504 e. The predicted molar refractivity (Wildman–Crippen MR) is 104 cm³/mol. The summed E-state index contributed by atoms with van der Waals surface area (Å²) >= 11 is 1.43. The molecular weight excluding hydrogens is 368 g/mol. The summed E-state index contributed by atoms with van der Waals surface area (Å²) < 4.78 is 4.96. The molecule has 3 rings (SSSR count). The van der Waals surface area contributed by atoms with Crippen molar-refractivity contribution in [2.24, 2.45) is 5.10 Å². The Balaban J connectivity index is 1.68. The molecule has 0 saturated carbocycles. The molecule has 0 unspecified atom stereocenters. The summed E-state index contributed by atoms with van der Waals surface area (Å²) in [6.07, 6.45) is 1.29. The number of amides is 1. The van der Waals surface area contributed by atoms with Gasteiger partial charge in [-0.3, -0.25) is 9.59 Å². The van der Waals surface area contributed by atoms with Gasteiger partial charge in [0.15, 0.2) is 11.5 Å². The number of phenolic OH excluding ortho intramolecular Hbond substituents is 1. The van der Waals surface area contributed by atoms with Gasteiger partial charge in [0.25, 0.3) is 5.56 Å². The van der Waals surface area contributed by atoms with Crippen LogP contribution in [-0.2, 0) is 11.2 Å². The van der Waals surface area contributed by atoms with Gasteiger partial charge < -0.3 is 14.8 Å². The lowest BCUT2D eigenvalue weighted by atomic mass is 10.2. The molecule has 2 aromatic heterocycles. The smallest absolute Gasteiger partial charge is 0.259 e. The van der Waals surface area contributed by atoms with Gasteiger partial charge in [-0.05, 0) is 43.2 Å². The van der Waals surface area contributed by atoms with Crippen molar-refractivity contribution in [3.05, 3.63) is 50.4 Å². The van der Waals surface area contributed by atoms with E-state index in [9.17, 15) is 14.7 Å². The molecule has 3 aromatic rings. The number of benzene rings is 1. The van der Waals surface area contributed by atoms with Crippen LogP contribution in [0.1, 0.15) is 21.8 Å². The SMILES string of the molecule is COc1ccc(/C=N\NC(=O)Cc2nc3sc(C)c(C)c3c(=O)[nH]2)cc1O. The fraction of sp³-hybridized carbons (Fsp3) is 0.222. The molecule has 0 fully saturated rings. The number of nitrogens with one attached hydrogen (secondary N) is 2. The second-order valence-corrected chi connectivity index (χ2v) is 7.08. The second-order valence-electron chi connectivity index (χ2n) is 5.88. The molecule has 0 aliphatic carbocycles. The number of methoxy groups -OCH3 is 1. The van der Waals surface area contributed by atoms with Gasteiger partial charge in [0.1, 0.15) is 10.7 Å². The molecule has 0 saturated heterocycles. The van der Waals surface area contributed by atoms with Crippen LogP contribution in [0.5, 0.6) is 11.5 Å². The first-order valence-electron chi connectivity index (χ1n) is 8.07. The number of aromatic hydroxyl groups is 1. The Bertz CT molecular complexity index is 1100. The normalized spacial score (nSPS) is 11.2. The Morgan fingerprint density at radius 2 is 2.22 bits per heavy atom. The van der Waals surface area contributed by atoms with Gasteiger partial charge in [-0.25, -0.2) is 10.4 Å². The lowest BCUT2D eigenvalue weighted by Gasteiger charge is -2.03. The van der Waals surface area contributed by atoms with Crippen LogP contribution in [0.25, 0.3) is 10.2 Å². The summed E-state index contributed by atoms with van der Waals surface area (Å²) in [5.74, 6) is 0.185. The van der Waals surface area contributed by atoms with E-state index in [1.165, 1.54) is 30.7 Å². The number of ether oxygens (including phenoxy) is 1. The van der Waals surface area contributed by atoms with Gasteiger partial charge in [-0.2, -0.15) is 5.10 Å². The average molecular weight is 386 g/mol. The zero-order chi connectivity index (χ0) is 19.6. The predicted octanol–water partition coefficient (Wildman–Crippen LogP) is 2.01. The number of H-pyrrole nitrogens is 1. The molecule has 3 N–H and O–H groups in total. The van der Waals surface area contributed by atoms with Crippen LogP contribution in [0.4, 0.5) is 0 Å². The molecule has 1 aromatic carbocycles. The summed E-state index contributed by atoms with van der Waals surface area (Å²) in [5.41, 5.74) is 3.62. The summed E-state index contributed by atoms with van der Waals surface area (Å²) in [6, 6.07) is 4.74. The van der Waals surface area contributed by atoms with Crippen LogP contribution in [0.2, 0.25) is 0 Å². The maximum atomic E-state index is 12.2. The third-order valence-electron chi connectivity index (χ3n) is 4.02. The number of hydrogen-bond acceptors (Lipinski definition) is 7. The maximum Gasteiger partial charge on any atom is 0.259 e. The lowest BCUT2D eigenvalue weighted by Crippen LogP contribution is -2.23. The van der Waals surface area contributed by atoms with Crippen molar-refractivity contribution in [3.63, 3.8) is 0 Å². The van der Waals surface area contributed by atoms with E-state index in [2.05, 4.69) is 20.5 Å². The standard InChI is InChI=1S/C18H18N4O4S/c1-9-10(2)27-18-16(9)17(25)20-14(21-18)7-15(24)22-19-8-11-4-5-13(26-3)12(23)6-11/h4-6,8,23H,7H2,1-3H3,(H,22,24)(H,20,21,25)/b19-8-. The number of hydrogen-bond donors (Lipinski definition) is 3. The molecule has 0 radical (unpaired) electrons. The number of carbonyl (C=O) groups excluding carboxylic acids is 1. The summed E-state index contributed by atoms with van der Waals surface area (Å²) in [4.78, 5) is 32.9. The quantitative estimate of drug-likeness (QED) is 0.458. The van der Waals surface area contributed by atoms with Crippen molar-refractivity contribution >= 4 is 33.7 Å². The van der Waals surface area contributed by atoms with Crippen molar-refractivity contribution < 1.29 is 14.6 Å². The lowest BCUT2D eigenvalue weighted by molar-refractivity contribution is -0.120. The van der Waals surface area contributed by atoms with Gasteiger partial charge in [-0.15, -0.1) is 11.3 Å². The van der Waals surface area contributed by atoms with Crippen LogP contribution in [-0.4, -0.2) is 34.3 Å². The van der Waals surface area contributed by atoms with Crippen molar-refractivity contribution in [1.29, 1.82) is 0 Å². The number of rotatable bonds is 5. The van der Waals surface area contributed by atoms with Crippen molar-refractivity contribution in [2.45, 2.75) is 20.3 Å². The van der Waals surface area contributed by atoms with Crippen LogP contribution in [0.3, 0.4) is 0 Å². The first-order chi connectivity index (χ1) is 12.9. The monoisotopic (exact) mass is 386 g/mol. The van der Waals surface area contributed by atoms with Crippen LogP contribution in [0, 0.1) is 13.8 Å². The van der Waals surface area contributed by atoms with E-state index in [0.29, 0.717) is 21.5 Å². The topological polar surface area (TPSA) is 117 Å². The molecule has 9 heteroatoms. The van der Waals surface area contributed by atoms with E-state index >= 15 is 0 Å². The second kappa shape index (κ2) is 7.58. The Labute approximate surface area is 158 Å². The number of aromatic amines is 1. The van der Waals surface area contributed by atoms with Gasteiger partial charge in [0.05, 0.1) is 25.1 Å². The highest BCUT2D eigenvalue weighted by Gasteiger charge is 2.13. The summed E-state index contributed by atoms with van der Waals surface area (Å²) in [5, 5.41) is 14.1. The Morgan fingerprint density at radius 1 is 1.44 bits per heavy atom. The number of carbonyl (C=O) groups is 1. The molecule has 2 heterocycles. The highest BCUT2D eigenvalue weighted by Crippen LogP contribution is 2.26. The summed E-state index contributed by atoms with van der Waals surface area (Å²) in [7, 11) is 1.46. The largest absolute Gasteiger partial charge is 0.504 e. The molecule has 140 valence electrons. The number of fused-ring (bicyclic) bond motifs is 1. The molecule has 0 bridgehead atoms. The fourth-order valence-electron chi connectivity index (χ4n) is 2.54. The Kier molecular flexibility index (Phi) is 5.22. The zero-order valence-corrected chi connectivity index (χ0v) is 15.8. The number of nitrogens with zero attached hydrogens (tertiary/aromatic N) is 2. The van der Waals surface area contributed by atoms with Gasteiger partial charge in [0.2, 0.25) is 5.91 Å². The Morgan fingerprint density at radius 3 is 2.93 bits per heavy atom. The first-order valence-corrected chi connectivity index (χ1v) is 8.88. The van der Waals surface area contributed by atoms with E-state index in [1.54, 1.807) is 12.1 Å². The zero-order valence-electron chi connectivity index (χ0n) is 15.0. The van der Waals surface area contributed by atoms with E-state index in [0.717, 1.165) is 10.4 Å². The van der Waals surface area contributed by atoms with Crippen molar-refractivity contribution in [2.75, 3.05) is 7.11 Å². The maximum absolute atomic E-state index is 12.2. The number of phenols is 1. The first kappa shape index (κ1) is 18.6. The minimum absolute atomic E-state index is 0.0237. The highest BCUT2D eigenvalue weighted by atomic mass is 32.1. The molecule has 8 nitrogen and oxygen atoms in total. The molecule has 0 aliphatic heterocycles. The number of thiophene rings is 1. The van der Waals surface area contributed by atoms with Crippen LogP contribution < -0.4 is 15.7 Å². The average Bonchev–Trinajstić information content (AvgIpc) is 2.89. The summed E-state index contributed by atoms with van der Waals surface area (Å²) in [6.45, 7) is 3.81. The van der Waals surface area contributed by atoms with Gasteiger partial charge in [0, 0.05) is 4.88 Å². The highest BCUT2D eigenvalue weighted by molar-refractivity contribution is 7.18. The number of aromatic nitrogens is 2. The van der Waals surface area contributed by atoms with E-state index in [1.807, 2.05) is 13.8 Å². The molecular formula is C18H18N4O4S. The third kappa shape index (κ3) is 3.98. The van der Waals surface area contributed by atoms with Gasteiger partial charge in [-0.1, -0.05) is 0 Å². The third-order valence-corrected chi connectivity index (χ3v) is 5.12. The fourth-order valence-corrected chi connectivity index (χ4v) is 3.59.